The fourth-order valence-corrected chi connectivity index (χ4v) is 2.81. The monoisotopic (exact) mass is 351 g/mol. The average Bonchev–Trinajstić information content (AvgIpc) is 2.98. The molecular formula is C16H22BrN3O. The van der Waals surface area contributed by atoms with Gasteiger partial charge in [0.1, 0.15) is 0 Å². The van der Waals surface area contributed by atoms with Crippen LogP contribution in [-0.4, -0.2) is 22.7 Å². The maximum atomic E-state index is 5.48. The van der Waals surface area contributed by atoms with Gasteiger partial charge in [-0.3, -0.25) is 0 Å². The lowest BCUT2D eigenvalue weighted by atomic mass is 9.99. The first-order valence-electron chi connectivity index (χ1n) is 7.49. The largest absolute Gasteiger partial charge is 0.339 e. The zero-order valence-electron chi connectivity index (χ0n) is 12.8. The zero-order chi connectivity index (χ0) is 15.2. The predicted octanol–water partition coefficient (Wildman–Crippen LogP) is 4.38. The van der Waals surface area contributed by atoms with Crippen molar-refractivity contribution in [1.82, 2.24) is 15.5 Å². The molecule has 0 aliphatic heterocycles. The number of rotatable bonds is 7. The summed E-state index contributed by atoms with van der Waals surface area (Å²) in [5, 5.41) is 7.66. The van der Waals surface area contributed by atoms with Gasteiger partial charge < -0.3 is 9.84 Å². The molecule has 2 atom stereocenters. The quantitative estimate of drug-likeness (QED) is 0.803. The lowest BCUT2D eigenvalue weighted by molar-refractivity contribution is 0.319. The predicted molar refractivity (Wildman–Crippen MR) is 88.2 cm³/mol. The number of aromatic nitrogens is 2. The molecule has 1 heterocycles. The first-order valence-corrected chi connectivity index (χ1v) is 8.28. The highest BCUT2D eigenvalue weighted by Crippen LogP contribution is 2.28. The summed E-state index contributed by atoms with van der Waals surface area (Å²) >= 11 is 3.52. The minimum atomic E-state index is 0.199. The molecule has 114 valence electrons. The van der Waals surface area contributed by atoms with Crippen LogP contribution in [-0.2, 0) is 0 Å². The second-order valence-electron chi connectivity index (χ2n) is 5.19. The van der Waals surface area contributed by atoms with Gasteiger partial charge in [0.25, 0.3) is 0 Å². The third-order valence-electron chi connectivity index (χ3n) is 3.65. The fourth-order valence-electron chi connectivity index (χ4n) is 2.35. The fraction of sp³-hybridized carbons (Fsp3) is 0.500. The van der Waals surface area contributed by atoms with Crippen LogP contribution in [0.1, 0.15) is 45.4 Å². The molecular weight excluding hydrogens is 330 g/mol. The molecule has 1 aromatic carbocycles. The highest BCUT2D eigenvalue weighted by Gasteiger charge is 2.23. The molecule has 0 saturated heterocycles. The number of hydrogen-bond acceptors (Lipinski definition) is 4. The lowest BCUT2D eigenvalue weighted by Crippen LogP contribution is -2.33. The summed E-state index contributed by atoms with van der Waals surface area (Å²) < 4.78 is 6.45. The van der Waals surface area contributed by atoms with E-state index >= 15 is 0 Å². The average molecular weight is 352 g/mol. The molecule has 2 aromatic rings. The molecule has 0 fully saturated rings. The van der Waals surface area contributed by atoms with Crippen molar-refractivity contribution in [2.24, 2.45) is 0 Å². The van der Waals surface area contributed by atoms with Crippen LogP contribution in [0, 0.1) is 0 Å². The van der Waals surface area contributed by atoms with Crippen LogP contribution in [0.5, 0.6) is 0 Å². The van der Waals surface area contributed by atoms with E-state index in [0.717, 1.165) is 29.4 Å². The van der Waals surface area contributed by atoms with Crippen LogP contribution in [0.3, 0.4) is 0 Å². The smallest absolute Gasteiger partial charge is 0.231 e. The zero-order valence-corrected chi connectivity index (χ0v) is 14.4. The van der Waals surface area contributed by atoms with Gasteiger partial charge in [-0.2, -0.15) is 4.98 Å². The van der Waals surface area contributed by atoms with Gasteiger partial charge in [-0.1, -0.05) is 54.0 Å². The summed E-state index contributed by atoms with van der Waals surface area (Å²) in [4.78, 5) is 4.57. The molecule has 0 saturated carbocycles. The SMILES string of the molecule is CCCNC(CC)C(C)c1nc(-c2ccccc2Br)no1. The van der Waals surface area contributed by atoms with Gasteiger partial charge in [0.2, 0.25) is 11.7 Å². The molecule has 0 aliphatic rings. The molecule has 5 heteroatoms. The summed E-state index contributed by atoms with van der Waals surface area (Å²) in [5.41, 5.74) is 0.953. The number of benzene rings is 1. The van der Waals surface area contributed by atoms with Crippen LogP contribution in [0.15, 0.2) is 33.3 Å². The molecule has 0 bridgehead atoms. The molecule has 0 amide bonds. The summed E-state index contributed by atoms with van der Waals surface area (Å²) in [7, 11) is 0. The Bertz CT molecular complexity index is 570. The molecule has 0 radical (unpaired) electrons. The Morgan fingerprint density at radius 3 is 2.71 bits per heavy atom. The van der Waals surface area contributed by atoms with Crippen LogP contribution in [0.4, 0.5) is 0 Å². The number of nitrogens with one attached hydrogen (secondary N) is 1. The Balaban J connectivity index is 2.17. The first kappa shape index (κ1) is 16.2. The molecule has 0 spiro atoms. The second kappa shape index (κ2) is 7.71. The van der Waals surface area contributed by atoms with Gasteiger partial charge in [-0.25, -0.2) is 0 Å². The lowest BCUT2D eigenvalue weighted by Gasteiger charge is -2.20. The number of hydrogen-bond donors (Lipinski definition) is 1. The van der Waals surface area contributed by atoms with Crippen molar-refractivity contribution in [1.29, 1.82) is 0 Å². The second-order valence-corrected chi connectivity index (χ2v) is 6.05. The van der Waals surface area contributed by atoms with Crippen LogP contribution in [0.25, 0.3) is 11.4 Å². The van der Waals surface area contributed by atoms with E-state index in [1.54, 1.807) is 0 Å². The van der Waals surface area contributed by atoms with Crippen LogP contribution >= 0.6 is 15.9 Å². The maximum absolute atomic E-state index is 5.48. The summed E-state index contributed by atoms with van der Waals surface area (Å²) in [5.74, 6) is 1.52. The minimum absolute atomic E-state index is 0.199. The molecule has 4 nitrogen and oxygen atoms in total. The highest BCUT2D eigenvalue weighted by atomic mass is 79.9. The van der Waals surface area contributed by atoms with Crippen molar-refractivity contribution in [3.05, 3.63) is 34.6 Å². The van der Waals surface area contributed by atoms with E-state index in [1.165, 1.54) is 0 Å². The Morgan fingerprint density at radius 2 is 2.05 bits per heavy atom. The van der Waals surface area contributed by atoms with Gasteiger partial charge in [-0.05, 0) is 31.5 Å². The van der Waals surface area contributed by atoms with Gasteiger partial charge >= 0.3 is 0 Å². The van der Waals surface area contributed by atoms with E-state index in [0.29, 0.717) is 17.8 Å². The number of halogens is 1. The van der Waals surface area contributed by atoms with Gasteiger partial charge in [0, 0.05) is 16.1 Å². The third kappa shape index (κ3) is 3.92. The van der Waals surface area contributed by atoms with E-state index < -0.39 is 0 Å². The molecule has 2 unspecified atom stereocenters. The van der Waals surface area contributed by atoms with Gasteiger partial charge in [-0.15, -0.1) is 0 Å². The minimum Gasteiger partial charge on any atom is -0.339 e. The third-order valence-corrected chi connectivity index (χ3v) is 4.34. The normalized spacial score (nSPS) is 14.1. The Kier molecular flexibility index (Phi) is 5.94. The molecule has 2 rings (SSSR count). The van der Waals surface area contributed by atoms with Gasteiger partial charge in [0.15, 0.2) is 0 Å². The van der Waals surface area contributed by atoms with Crippen LogP contribution in [0.2, 0.25) is 0 Å². The van der Waals surface area contributed by atoms with Crippen molar-refractivity contribution in [2.75, 3.05) is 6.54 Å². The summed E-state index contributed by atoms with van der Waals surface area (Å²) in [6, 6.07) is 8.26. The molecule has 1 aromatic heterocycles. The summed E-state index contributed by atoms with van der Waals surface area (Å²) in [6.45, 7) is 7.49. The standard InChI is InChI=1S/C16H22BrN3O/c1-4-10-18-14(5-2)11(3)16-19-15(20-21-16)12-8-6-7-9-13(12)17/h6-9,11,14,18H,4-5,10H2,1-3H3. The van der Waals surface area contributed by atoms with Crippen molar-refractivity contribution in [2.45, 2.75) is 45.6 Å². The highest BCUT2D eigenvalue weighted by molar-refractivity contribution is 9.10. The Labute approximate surface area is 134 Å². The topological polar surface area (TPSA) is 51.0 Å². The Hall–Kier alpha value is -1.20. The Morgan fingerprint density at radius 1 is 1.29 bits per heavy atom. The van der Waals surface area contributed by atoms with Crippen molar-refractivity contribution >= 4 is 15.9 Å². The van der Waals surface area contributed by atoms with Crippen molar-refractivity contribution in [3.8, 4) is 11.4 Å². The molecule has 1 N–H and O–H groups in total. The maximum Gasteiger partial charge on any atom is 0.231 e. The molecule has 21 heavy (non-hydrogen) atoms. The van der Waals surface area contributed by atoms with Crippen molar-refractivity contribution < 1.29 is 4.52 Å². The summed E-state index contributed by atoms with van der Waals surface area (Å²) in [6.07, 6.45) is 2.16. The van der Waals surface area contributed by atoms with E-state index in [4.69, 9.17) is 4.52 Å². The van der Waals surface area contributed by atoms with E-state index in [2.05, 4.69) is 52.2 Å². The molecule has 0 aliphatic carbocycles. The van der Waals surface area contributed by atoms with E-state index in [-0.39, 0.29) is 5.92 Å². The first-order chi connectivity index (χ1) is 10.2. The number of nitrogens with zero attached hydrogens (tertiary/aromatic N) is 2. The van der Waals surface area contributed by atoms with E-state index in [1.807, 2.05) is 24.3 Å². The van der Waals surface area contributed by atoms with Gasteiger partial charge in [0.05, 0.1) is 5.92 Å². The van der Waals surface area contributed by atoms with E-state index in [9.17, 15) is 0 Å². The van der Waals surface area contributed by atoms with Crippen LogP contribution < -0.4 is 5.32 Å². The van der Waals surface area contributed by atoms with Crippen molar-refractivity contribution in [3.63, 3.8) is 0 Å².